The first-order valence-electron chi connectivity index (χ1n) is 7.24. The van der Waals surface area contributed by atoms with Crippen molar-refractivity contribution in [1.29, 1.82) is 0 Å². The summed E-state index contributed by atoms with van der Waals surface area (Å²) in [4.78, 5) is 2.66. The van der Waals surface area contributed by atoms with Gasteiger partial charge in [0.2, 0.25) is 0 Å². The molecule has 2 saturated heterocycles. The molecule has 0 aliphatic carbocycles. The molecule has 2 aliphatic rings. The summed E-state index contributed by atoms with van der Waals surface area (Å²) >= 11 is 0. The van der Waals surface area contributed by atoms with Gasteiger partial charge in [-0.1, -0.05) is 29.8 Å². The maximum absolute atomic E-state index is 3.55. The summed E-state index contributed by atoms with van der Waals surface area (Å²) in [5, 5.41) is 3.55. The van der Waals surface area contributed by atoms with E-state index in [2.05, 4.69) is 41.4 Å². The van der Waals surface area contributed by atoms with Crippen LogP contribution in [-0.2, 0) is 6.54 Å². The highest BCUT2D eigenvalue weighted by atomic mass is 15.1. The Bertz CT molecular complexity index is 407. The quantitative estimate of drug-likeness (QED) is 0.860. The van der Waals surface area contributed by atoms with Crippen LogP contribution in [0, 0.1) is 12.3 Å². The van der Waals surface area contributed by atoms with E-state index in [4.69, 9.17) is 0 Å². The van der Waals surface area contributed by atoms with Gasteiger partial charge in [-0.3, -0.25) is 4.90 Å². The molecule has 0 amide bonds. The van der Waals surface area contributed by atoms with Gasteiger partial charge in [0.1, 0.15) is 0 Å². The molecule has 0 unspecified atom stereocenters. The fraction of sp³-hybridized carbons (Fsp3) is 0.625. The molecule has 18 heavy (non-hydrogen) atoms. The molecular formula is C16H24N2. The van der Waals surface area contributed by atoms with Crippen molar-refractivity contribution in [2.75, 3.05) is 26.2 Å². The van der Waals surface area contributed by atoms with Crippen molar-refractivity contribution < 1.29 is 0 Å². The molecule has 3 rings (SSSR count). The molecule has 2 nitrogen and oxygen atoms in total. The van der Waals surface area contributed by atoms with Crippen molar-refractivity contribution >= 4 is 0 Å². The van der Waals surface area contributed by atoms with E-state index in [1.165, 1.54) is 56.6 Å². The number of piperidine rings is 1. The van der Waals surface area contributed by atoms with Crippen molar-refractivity contribution in [3.8, 4) is 0 Å². The average Bonchev–Trinajstić information content (AvgIpc) is 2.77. The van der Waals surface area contributed by atoms with Crippen LogP contribution < -0.4 is 5.32 Å². The molecule has 2 heteroatoms. The molecule has 2 aliphatic heterocycles. The van der Waals surface area contributed by atoms with Crippen LogP contribution in [0.4, 0.5) is 0 Å². The number of hydrogen-bond donors (Lipinski definition) is 1. The Labute approximate surface area is 110 Å². The summed E-state index contributed by atoms with van der Waals surface area (Å²) in [5.74, 6) is 0. The molecule has 1 atom stereocenters. The van der Waals surface area contributed by atoms with Crippen molar-refractivity contribution in [1.82, 2.24) is 10.2 Å². The zero-order valence-corrected chi connectivity index (χ0v) is 11.4. The number of aryl methyl sites for hydroxylation is 1. The van der Waals surface area contributed by atoms with E-state index < -0.39 is 0 Å². The van der Waals surface area contributed by atoms with Gasteiger partial charge in [-0.25, -0.2) is 0 Å². The molecule has 0 bridgehead atoms. The number of nitrogens with zero attached hydrogens (tertiary/aromatic N) is 1. The summed E-state index contributed by atoms with van der Waals surface area (Å²) in [7, 11) is 0. The lowest BCUT2D eigenvalue weighted by atomic mass is 9.79. The fourth-order valence-electron chi connectivity index (χ4n) is 3.66. The number of likely N-dealkylation sites (tertiary alicyclic amines) is 1. The molecule has 1 aromatic rings. The van der Waals surface area contributed by atoms with Gasteiger partial charge >= 0.3 is 0 Å². The highest BCUT2D eigenvalue weighted by Crippen LogP contribution is 2.35. The minimum absolute atomic E-state index is 0.585. The maximum Gasteiger partial charge on any atom is 0.0234 e. The first-order chi connectivity index (χ1) is 8.76. The predicted molar refractivity (Wildman–Crippen MR) is 75.6 cm³/mol. The molecule has 2 heterocycles. The molecule has 0 aromatic heterocycles. The zero-order chi connectivity index (χ0) is 12.4. The standard InChI is InChI=1S/C16H24N2/c1-14-4-2-5-15(10-14)11-18-9-3-6-16(13-18)7-8-17-12-16/h2,4-5,10,17H,3,6-9,11-13H2,1H3/t16-/m1/s1. The highest BCUT2D eigenvalue weighted by molar-refractivity contribution is 5.22. The van der Waals surface area contributed by atoms with E-state index in [9.17, 15) is 0 Å². The molecule has 0 saturated carbocycles. The minimum Gasteiger partial charge on any atom is -0.316 e. The van der Waals surface area contributed by atoms with Crippen molar-refractivity contribution in [3.63, 3.8) is 0 Å². The number of hydrogen-bond acceptors (Lipinski definition) is 2. The van der Waals surface area contributed by atoms with E-state index in [1.807, 2.05) is 0 Å². The third-order valence-electron chi connectivity index (χ3n) is 4.56. The van der Waals surface area contributed by atoms with Gasteiger partial charge in [-0.15, -0.1) is 0 Å². The van der Waals surface area contributed by atoms with Gasteiger partial charge in [0.25, 0.3) is 0 Å². The summed E-state index contributed by atoms with van der Waals surface area (Å²) < 4.78 is 0. The van der Waals surface area contributed by atoms with E-state index in [1.54, 1.807) is 0 Å². The normalized spacial score (nSPS) is 28.9. The Hall–Kier alpha value is -0.860. The summed E-state index contributed by atoms with van der Waals surface area (Å²) in [6, 6.07) is 8.96. The zero-order valence-electron chi connectivity index (χ0n) is 11.4. The van der Waals surface area contributed by atoms with Crippen molar-refractivity contribution in [2.45, 2.75) is 32.7 Å². The van der Waals surface area contributed by atoms with Gasteiger partial charge < -0.3 is 5.32 Å². The molecule has 1 aromatic carbocycles. The molecule has 98 valence electrons. The van der Waals surface area contributed by atoms with Crippen molar-refractivity contribution in [3.05, 3.63) is 35.4 Å². The van der Waals surface area contributed by atoms with Crippen LogP contribution in [0.25, 0.3) is 0 Å². The summed E-state index contributed by atoms with van der Waals surface area (Å²) in [5.41, 5.74) is 3.43. The second-order valence-corrected chi connectivity index (χ2v) is 6.23. The maximum atomic E-state index is 3.55. The van der Waals surface area contributed by atoms with Crippen LogP contribution in [0.15, 0.2) is 24.3 Å². The van der Waals surface area contributed by atoms with Crippen molar-refractivity contribution in [2.24, 2.45) is 5.41 Å². The van der Waals surface area contributed by atoms with E-state index in [0.29, 0.717) is 5.41 Å². The molecular weight excluding hydrogens is 220 g/mol. The van der Waals surface area contributed by atoms with E-state index in [0.717, 1.165) is 6.54 Å². The largest absolute Gasteiger partial charge is 0.316 e. The van der Waals surface area contributed by atoms with E-state index in [-0.39, 0.29) is 0 Å². The smallest absolute Gasteiger partial charge is 0.0234 e. The second kappa shape index (κ2) is 5.02. The van der Waals surface area contributed by atoms with Gasteiger partial charge in [-0.05, 0) is 50.3 Å². The first kappa shape index (κ1) is 12.2. The lowest BCUT2D eigenvalue weighted by Crippen LogP contribution is -2.43. The van der Waals surface area contributed by atoms with Gasteiger partial charge in [-0.2, -0.15) is 0 Å². The molecule has 1 spiro atoms. The molecule has 1 N–H and O–H groups in total. The number of nitrogens with one attached hydrogen (secondary N) is 1. The highest BCUT2D eigenvalue weighted by Gasteiger charge is 2.37. The Balaban J connectivity index is 1.66. The second-order valence-electron chi connectivity index (χ2n) is 6.23. The van der Waals surface area contributed by atoms with Gasteiger partial charge in [0.05, 0.1) is 0 Å². The van der Waals surface area contributed by atoms with Crippen LogP contribution in [0.5, 0.6) is 0 Å². The average molecular weight is 244 g/mol. The third-order valence-corrected chi connectivity index (χ3v) is 4.56. The van der Waals surface area contributed by atoms with Gasteiger partial charge in [0, 0.05) is 19.6 Å². The Morgan fingerprint density at radius 2 is 2.28 bits per heavy atom. The van der Waals surface area contributed by atoms with Crippen LogP contribution in [0.3, 0.4) is 0 Å². The fourth-order valence-corrected chi connectivity index (χ4v) is 3.66. The number of rotatable bonds is 2. The first-order valence-corrected chi connectivity index (χ1v) is 7.24. The van der Waals surface area contributed by atoms with Crippen LogP contribution in [0.1, 0.15) is 30.4 Å². The third kappa shape index (κ3) is 2.60. The molecule has 0 radical (unpaired) electrons. The SMILES string of the molecule is Cc1cccc(CN2CCC[C@]3(CCNC3)C2)c1. The lowest BCUT2D eigenvalue weighted by molar-refractivity contribution is 0.0978. The monoisotopic (exact) mass is 244 g/mol. The Morgan fingerprint density at radius 3 is 3.06 bits per heavy atom. The lowest BCUT2D eigenvalue weighted by Gasteiger charge is -2.40. The molecule has 2 fully saturated rings. The van der Waals surface area contributed by atoms with Crippen LogP contribution in [-0.4, -0.2) is 31.1 Å². The van der Waals surface area contributed by atoms with Crippen LogP contribution >= 0.6 is 0 Å². The summed E-state index contributed by atoms with van der Waals surface area (Å²) in [6.45, 7) is 8.32. The van der Waals surface area contributed by atoms with E-state index >= 15 is 0 Å². The Morgan fingerprint density at radius 1 is 1.33 bits per heavy atom. The van der Waals surface area contributed by atoms with Crippen LogP contribution in [0.2, 0.25) is 0 Å². The topological polar surface area (TPSA) is 15.3 Å². The number of benzene rings is 1. The summed E-state index contributed by atoms with van der Waals surface area (Å²) in [6.07, 6.45) is 4.16. The Kier molecular flexibility index (Phi) is 3.40. The van der Waals surface area contributed by atoms with Gasteiger partial charge in [0.15, 0.2) is 0 Å². The predicted octanol–water partition coefficient (Wildman–Crippen LogP) is 2.57. The minimum atomic E-state index is 0.585.